The van der Waals surface area contributed by atoms with Crippen LogP contribution in [0.2, 0.25) is 0 Å². The van der Waals surface area contributed by atoms with Gasteiger partial charge in [-0.1, -0.05) is 6.92 Å². The summed E-state index contributed by atoms with van der Waals surface area (Å²) in [4.78, 5) is 12.4. The van der Waals surface area contributed by atoms with Crippen molar-refractivity contribution in [1.29, 1.82) is 0 Å². The molecule has 0 spiro atoms. The van der Waals surface area contributed by atoms with E-state index in [1.54, 1.807) is 0 Å². The number of Topliss-reactive ketones (excluding diaryl/α,β-unsaturated/α-hetero) is 1. The fourth-order valence-corrected chi connectivity index (χ4v) is 2.57. The van der Waals surface area contributed by atoms with Crippen LogP contribution in [-0.2, 0) is 28.9 Å². The molecule has 1 aliphatic heterocycles. The Bertz CT molecular complexity index is 442. The highest BCUT2D eigenvalue weighted by Gasteiger charge is 2.33. The zero-order valence-electron chi connectivity index (χ0n) is 12.0. The molecule has 0 aliphatic carbocycles. The molecule has 2 unspecified atom stereocenters. The van der Waals surface area contributed by atoms with Gasteiger partial charge in [0, 0.05) is 24.7 Å². The standard InChI is InChI=1S/C14H23N3O2/c1-4-10-6-11(17(5-2)16-10)7-14(18)12-8-19-9-13(12)15-3/h6,12-13,15H,4-5,7-9H2,1-3H3. The van der Waals surface area contributed by atoms with Crippen LogP contribution in [0, 0.1) is 5.92 Å². The zero-order chi connectivity index (χ0) is 13.8. The van der Waals surface area contributed by atoms with Crippen LogP contribution in [0.15, 0.2) is 6.07 Å². The van der Waals surface area contributed by atoms with Gasteiger partial charge in [-0.3, -0.25) is 9.48 Å². The van der Waals surface area contributed by atoms with Gasteiger partial charge in [0.1, 0.15) is 5.78 Å². The maximum absolute atomic E-state index is 12.4. The Morgan fingerprint density at radius 3 is 2.95 bits per heavy atom. The molecule has 2 rings (SSSR count). The summed E-state index contributed by atoms with van der Waals surface area (Å²) >= 11 is 0. The molecule has 106 valence electrons. The number of aryl methyl sites for hydroxylation is 2. The van der Waals surface area contributed by atoms with E-state index in [-0.39, 0.29) is 17.7 Å². The summed E-state index contributed by atoms with van der Waals surface area (Å²) in [5, 5.41) is 7.64. The van der Waals surface area contributed by atoms with Crippen molar-refractivity contribution < 1.29 is 9.53 Å². The summed E-state index contributed by atoms with van der Waals surface area (Å²) in [6.07, 6.45) is 1.35. The summed E-state index contributed by atoms with van der Waals surface area (Å²) in [6.45, 7) is 6.09. The monoisotopic (exact) mass is 265 g/mol. The minimum atomic E-state index is -0.0321. The summed E-state index contributed by atoms with van der Waals surface area (Å²) in [7, 11) is 1.88. The van der Waals surface area contributed by atoms with E-state index >= 15 is 0 Å². The van der Waals surface area contributed by atoms with Gasteiger partial charge in [0.25, 0.3) is 0 Å². The third-order valence-electron chi connectivity index (χ3n) is 3.80. The third kappa shape index (κ3) is 3.04. The number of ketones is 1. The Morgan fingerprint density at radius 2 is 2.32 bits per heavy atom. The second kappa shape index (κ2) is 6.30. The van der Waals surface area contributed by atoms with Gasteiger partial charge in [0.05, 0.1) is 24.8 Å². The molecule has 0 radical (unpaired) electrons. The fraction of sp³-hybridized carbons (Fsp3) is 0.714. The first-order valence-electron chi connectivity index (χ1n) is 7.02. The van der Waals surface area contributed by atoms with E-state index in [9.17, 15) is 4.79 Å². The average Bonchev–Trinajstić information content (AvgIpc) is 3.04. The molecule has 0 aromatic carbocycles. The van der Waals surface area contributed by atoms with Crippen molar-refractivity contribution in [3.05, 3.63) is 17.5 Å². The smallest absolute Gasteiger partial charge is 0.145 e. The Morgan fingerprint density at radius 1 is 1.53 bits per heavy atom. The van der Waals surface area contributed by atoms with E-state index in [1.165, 1.54) is 0 Å². The molecule has 1 aliphatic rings. The average molecular weight is 265 g/mol. The number of nitrogens with one attached hydrogen (secondary N) is 1. The Kier molecular flexibility index (Phi) is 4.71. The number of likely N-dealkylation sites (N-methyl/N-ethyl adjacent to an activating group) is 1. The molecule has 2 atom stereocenters. The molecular weight excluding hydrogens is 242 g/mol. The first-order chi connectivity index (χ1) is 9.19. The molecule has 1 fully saturated rings. The van der Waals surface area contributed by atoms with Crippen molar-refractivity contribution in [2.45, 2.75) is 39.3 Å². The highest BCUT2D eigenvalue weighted by atomic mass is 16.5. The van der Waals surface area contributed by atoms with Gasteiger partial charge in [0.2, 0.25) is 0 Å². The number of hydrogen-bond donors (Lipinski definition) is 1. The Hall–Kier alpha value is -1.20. The highest BCUT2D eigenvalue weighted by Crippen LogP contribution is 2.17. The van der Waals surface area contributed by atoms with Gasteiger partial charge in [-0.15, -0.1) is 0 Å². The van der Waals surface area contributed by atoms with Crippen molar-refractivity contribution in [3.63, 3.8) is 0 Å². The van der Waals surface area contributed by atoms with Gasteiger partial charge in [-0.2, -0.15) is 5.10 Å². The van der Waals surface area contributed by atoms with Crippen LogP contribution in [-0.4, -0.2) is 41.9 Å². The number of carbonyl (C=O) groups excluding carboxylic acids is 1. The Labute approximate surface area is 114 Å². The second-order valence-corrected chi connectivity index (χ2v) is 4.98. The quantitative estimate of drug-likeness (QED) is 0.827. The summed E-state index contributed by atoms with van der Waals surface area (Å²) in [6, 6.07) is 2.20. The normalized spacial score (nSPS) is 22.9. The molecular formula is C14H23N3O2. The first-order valence-corrected chi connectivity index (χ1v) is 7.02. The number of aromatic nitrogens is 2. The fourth-order valence-electron chi connectivity index (χ4n) is 2.57. The minimum Gasteiger partial charge on any atom is -0.379 e. The van der Waals surface area contributed by atoms with E-state index < -0.39 is 0 Å². The van der Waals surface area contributed by atoms with Crippen LogP contribution in [0.5, 0.6) is 0 Å². The highest BCUT2D eigenvalue weighted by molar-refractivity contribution is 5.84. The number of hydrogen-bond acceptors (Lipinski definition) is 4. The van der Waals surface area contributed by atoms with E-state index in [4.69, 9.17) is 4.74 Å². The number of carbonyl (C=O) groups is 1. The van der Waals surface area contributed by atoms with Crippen molar-refractivity contribution in [2.75, 3.05) is 20.3 Å². The van der Waals surface area contributed by atoms with Crippen molar-refractivity contribution in [1.82, 2.24) is 15.1 Å². The second-order valence-electron chi connectivity index (χ2n) is 4.98. The predicted octanol–water partition coefficient (Wildman–Crippen LogP) is 0.811. The zero-order valence-corrected chi connectivity index (χ0v) is 12.0. The third-order valence-corrected chi connectivity index (χ3v) is 3.80. The maximum Gasteiger partial charge on any atom is 0.145 e. The van der Waals surface area contributed by atoms with Gasteiger partial charge >= 0.3 is 0 Å². The molecule has 2 heterocycles. The topological polar surface area (TPSA) is 56.1 Å². The lowest BCUT2D eigenvalue weighted by molar-refractivity contribution is -0.122. The van der Waals surface area contributed by atoms with Crippen LogP contribution < -0.4 is 5.32 Å². The van der Waals surface area contributed by atoms with Crippen molar-refractivity contribution in [2.24, 2.45) is 5.92 Å². The number of rotatable bonds is 6. The van der Waals surface area contributed by atoms with Gasteiger partial charge in [0.15, 0.2) is 0 Å². The largest absolute Gasteiger partial charge is 0.379 e. The van der Waals surface area contributed by atoms with Crippen LogP contribution in [0.1, 0.15) is 25.2 Å². The van der Waals surface area contributed by atoms with Crippen LogP contribution in [0.25, 0.3) is 0 Å². The van der Waals surface area contributed by atoms with Crippen LogP contribution >= 0.6 is 0 Å². The van der Waals surface area contributed by atoms with Gasteiger partial charge < -0.3 is 10.1 Å². The Balaban J connectivity index is 2.07. The lowest BCUT2D eigenvalue weighted by atomic mass is 9.95. The van der Waals surface area contributed by atoms with E-state index in [1.807, 2.05) is 17.8 Å². The minimum absolute atomic E-state index is 0.0321. The molecule has 19 heavy (non-hydrogen) atoms. The predicted molar refractivity (Wildman–Crippen MR) is 73.1 cm³/mol. The SMILES string of the molecule is CCc1cc(CC(=O)C2COCC2NC)n(CC)n1. The molecule has 0 saturated carbocycles. The maximum atomic E-state index is 12.4. The van der Waals surface area contributed by atoms with E-state index in [0.717, 1.165) is 24.4 Å². The number of ether oxygens (including phenoxy) is 1. The summed E-state index contributed by atoms with van der Waals surface area (Å²) < 4.78 is 7.33. The summed E-state index contributed by atoms with van der Waals surface area (Å²) in [5.41, 5.74) is 2.07. The van der Waals surface area contributed by atoms with E-state index in [2.05, 4.69) is 24.3 Å². The van der Waals surface area contributed by atoms with Gasteiger partial charge in [-0.05, 0) is 26.5 Å². The molecule has 1 saturated heterocycles. The molecule has 5 heteroatoms. The molecule has 0 amide bonds. The van der Waals surface area contributed by atoms with Crippen molar-refractivity contribution >= 4 is 5.78 Å². The molecule has 1 aromatic heterocycles. The lowest BCUT2D eigenvalue weighted by Gasteiger charge is -2.15. The lowest BCUT2D eigenvalue weighted by Crippen LogP contribution is -2.37. The van der Waals surface area contributed by atoms with Crippen LogP contribution in [0.4, 0.5) is 0 Å². The summed E-state index contributed by atoms with van der Waals surface area (Å²) in [5.74, 6) is 0.212. The number of nitrogens with zero attached hydrogens (tertiary/aromatic N) is 2. The van der Waals surface area contributed by atoms with Crippen molar-refractivity contribution in [3.8, 4) is 0 Å². The van der Waals surface area contributed by atoms with Crippen LogP contribution in [0.3, 0.4) is 0 Å². The molecule has 5 nitrogen and oxygen atoms in total. The first kappa shape index (κ1) is 14.2. The molecule has 1 aromatic rings. The van der Waals surface area contributed by atoms with E-state index in [0.29, 0.717) is 19.6 Å². The molecule has 1 N–H and O–H groups in total. The van der Waals surface area contributed by atoms with Gasteiger partial charge in [-0.25, -0.2) is 0 Å². The molecule has 0 bridgehead atoms.